The summed E-state index contributed by atoms with van der Waals surface area (Å²) in [5, 5.41) is 8.04. The van der Waals surface area contributed by atoms with Crippen LogP contribution in [0.25, 0.3) is 11.3 Å². The van der Waals surface area contributed by atoms with Gasteiger partial charge >= 0.3 is 0 Å². The van der Waals surface area contributed by atoms with E-state index in [0.717, 1.165) is 36.3 Å². The molecule has 3 aromatic rings. The first-order valence-electron chi connectivity index (χ1n) is 12.3. The number of hydrogen-bond donors (Lipinski definition) is 1. The molecule has 34 heavy (non-hydrogen) atoms. The van der Waals surface area contributed by atoms with Gasteiger partial charge in [-0.3, -0.25) is 14.4 Å². The average Bonchev–Trinajstić information content (AvgIpc) is 3.24. The van der Waals surface area contributed by atoms with Crippen LogP contribution in [0, 0.1) is 12.8 Å². The van der Waals surface area contributed by atoms with Crippen LogP contribution >= 0.6 is 0 Å². The minimum atomic E-state index is 0.0239. The van der Waals surface area contributed by atoms with Gasteiger partial charge < -0.3 is 10.2 Å². The van der Waals surface area contributed by atoms with Crippen molar-refractivity contribution in [3.63, 3.8) is 0 Å². The third-order valence-electron chi connectivity index (χ3n) is 7.67. The van der Waals surface area contributed by atoms with Crippen molar-refractivity contribution in [1.82, 2.24) is 20.0 Å². The lowest BCUT2D eigenvalue weighted by Gasteiger charge is -2.50. The van der Waals surface area contributed by atoms with E-state index in [9.17, 15) is 4.79 Å². The number of rotatable bonds is 6. The summed E-state index contributed by atoms with van der Waals surface area (Å²) in [7, 11) is 6.19. The minimum absolute atomic E-state index is 0.0239. The van der Waals surface area contributed by atoms with Crippen molar-refractivity contribution in [3.8, 4) is 11.3 Å². The standard InChI is InChI=1S/C28H35N5O/c1-19-5-7-21(8-6-19)28(34)29-17-24-15-22-13-14-33(24)18-25(22)27-16-26(30-32(27)4)20-9-11-23(12-10-20)31(2)3/h5-12,16,22,24-25H,13-15,17-18H2,1-4H3,(H,29,34)/t22-,24+,25-/m0/s1. The Labute approximate surface area is 202 Å². The summed E-state index contributed by atoms with van der Waals surface area (Å²) in [5.74, 6) is 1.14. The molecule has 1 N–H and O–H groups in total. The van der Waals surface area contributed by atoms with E-state index in [4.69, 9.17) is 5.10 Å². The molecule has 3 aliphatic rings. The van der Waals surface area contributed by atoms with Crippen molar-refractivity contribution in [2.24, 2.45) is 13.0 Å². The zero-order valence-corrected chi connectivity index (χ0v) is 20.7. The first kappa shape index (κ1) is 22.7. The number of aryl methyl sites for hydroxylation is 2. The van der Waals surface area contributed by atoms with Crippen molar-refractivity contribution in [2.45, 2.75) is 31.7 Å². The normalized spacial score (nSPS) is 23.6. The predicted octanol–water partition coefficient (Wildman–Crippen LogP) is 4.07. The number of carbonyl (C=O) groups is 1. The Bertz CT molecular complexity index is 1150. The summed E-state index contributed by atoms with van der Waals surface area (Å²) >= 11 is 0. The monoisotopic (exact) mass is 457 g/mol. The van der Waals surface area contributed by atoms with E-state index in [2.05, 4.69) is 71.3 Å². The fourth-order valence-electron chi connectivity index (χ4n) is 5.60. The van der Waals surface area contributed by atoms with Crippen LogP contribution in [0.2, 0.25) is 0 Å². The summed E-state index contributed by atoms with van der Waals surface area (Å²) in [6.45, 7) is 4.90. The summed E-state index contributed by atoms with van der Waals surface area (Å²) in [4.78, 5) is 17.3. The molecule has 2 aromatic carbocycles. The van der Waals surface area contributed by atoms with Crippen LogP contribution in [-0.2, 0) is 7.05 Å². The highest BCUT2D eigenvalue weighted by atomic mass is 16.1. The van der Waals surface area contributed by atoms with Crippen LogP contribution in [0.1, 0.15) is 40.4 Å². The first-order chi connectivity index (χ1) is 16.4. The van der Waals surface area contributed by atoms with Gasteiger partial charge in [0.25, 0.3) is 5.91 Å². The lowest BCUT2D eigenvalue weighted by atomic mass is 9.74. The Balaban J connectivity index is 1.24. The number of carbonyl (C=O) groups excluding carboxylic acids is 1. The first-order valence-corrected chi connectivity index (χ1v) is 12.3. The van der Waals surface area contributed by atoms with E-state index in [0.29, 0.717) is 24.4 Å². The van der Waals surface area contributed by atoms with Crippen molar-refractivity contribution in [1.29, 1.82) is 0 Å². The molecule has 0 saturated carbocycles. The second-order valence-corrected chi connectivity index (χ2v) is 10.1. The van der Waals surface area contributed by atoms with Crippen molar-refractivity contribution >= 4 is 11.6 Å². The quantitative estimate of drug-likeness (QED) is 0.606. The maximum atomic E-state index is 12.6. The topological polar surface area (TPSA) is 53.4 Å². The number of nitrogens with zero attached hydrogens (tertiary/aromatic N) is 4. The van der Waals surface area contributed by atoms with E-state index in [1.54, 1.807) is 0 Å². The smallest absolute Gasteiger partial charge is 0.251 e. The van der Waals surface area contributed by atoms with Gasteiger partial charge in [-0.25, -0.2) is 0 Å². The molecule has 1 unspecified atom stereocenters. The summed E-state index contributed by atoms with van der Waals surface area (Å²) in [6, 6.07) is 19.1. The molecule has 6 nitrogen and oxygen atoms in total. The Morgan fingerprint density at radius 1 is 1.12 bits per heavy atom. The zero-order valence-electron chi connectivity index (χ0n) is 20.7. The molecule has 4 heterocycles. The number of piperidine rings is 3. The third kappa shape index (κ3) is 4.47. The fraction of sp³-hybridized carbons (Fsp3) is 0.429. The predicted molar refractivity (Wildman–Crippen MR) is 137 cm³/mol. The largest absolute Gasteiger partial charge is 0.378 e. The van der Waals surface area contributed by atoms with E-state index in [-0.39, 0.29) is 5.91 Å². The molecule has 2 bridgehead atoms. The summed E-state index contributed by atoms with van der Waals surface area (Å²) in [6.07, 6.45) is 2.34. The van der Waals surface area contributed by atoms with Crippen LogP contribution in [0.15, 0.2) is 54.6 Å². The highest BCUT2D eigenvalue weighted by Gasteiger charge is 2.41. The number of aromatic nitrogens is 2. The minimum Gasteiger partial charge on any atom is -0.378 e. The molecule has 0 spiro atoms. The van der Waals surface area contributed by atoms with Crippen molar-refractivity contribution in [2.75, 3.05) is 38.6 Å². The van der Waals surface area contributed by atoms with E-state index in [1.807, 2.05) is 31.2 Å². The van der Waals surface area contributed by atoms with Gasteiger partial charge in [-0.1, -0.05) is 29.8 Å². The van der Waals surface area contributed by atoms with Gasteiger partial charge in [0.2, 0.25) is 0 Å². The Hall–Kier alpha value is -3.12. The SMILES string of the molecule is Cc1ccc(C(=O)NC[C@H]2C[C@@H]3CCN2C[C@@H]3c2cc(-c3ccc(N(C)C)cc3)nn2C)cc1. The number of amides is 1. The van der Waals surface area contributed by atoms with Crippen LogP contribution < -0.4 is 10.2 Å². The number of benzene rings is 2. The Kier molecular flexibility index (Phi) is 6.17. The fourth-order valence-corrected chi connectivity index (χ4v) is 5.60. The second-order valence-electron chi connectivity index (χ2n) is 10.1. The van der Waals surface area contributed by atoms with E-state index < -0.39 is 0 Å². The molecule has 0 radical (unpaired) electrons. The molecule has 3 saturated heterocycles. The van der Waals surface area contributed by atoms with Gasteiger partial charge in [0.05, 0.1) is 5.69 Å². The van der Waals surface area contributed by atoms with Crippen LogP contribution in [0.5, 0.6) is 0 Å². The Morgan fingerprint density at radius 3 is 2.50 bits per heavy atom. The van der Waals surface area contributed by atoms with Gasteiger partial charge in [-0.15, -0.1) is 0 Å². The number of nitrogens with one attached hydrogen (secondary N) is 1. The molecule has 6 rings (SSSR count). The molecular weight excluding hydrogens is 422 g/mol. The highest BCUT2D eigenvalue weighted by Crippen LogP contribution is 2.42. The number of anilines is 1. The maximum absolute atomic E-state index is 12.6. The molecule has 6 heteroatoms. The maximum Gasteiger partial charge on any atom is 0.251 e. The van der Waals surface area contributed by atoms with Crippen LogP contribution in [-0.4, -0.2) is 60.4 Å². The second kappa shape index (κ2) is 9.26. The molecular formula is C28H35N5O. The van der Waals surface area contributed by atoms with Gasteiger partial charge in [0, 0.05) is 68.7 Å². The molecule has 3 aliphatic heterocycles. The summed E-state index contributed by atoms with van der Waals surface area (Å²) < 4.78 is 2.08. The Morgan fingerprint density at radius 2 is 1.85 bits per heavy atom. The van der Waals surface area contributed by atoms with Gasteiger partial charge in [0.15, 0.2) is 0 Å². The van der Waals surface area contributed by atoms with Gasteiger partial charge in [0.1, 0.15) is 0 Å². The number of fused-ring (bicyclic) bond motifs is 3. The number of hydrogen-bond acceptors (Lipinski definition) is 4. The molecule has 4 atom stereocenters. The van der Waals surface area contributed by atoms with Crippen LogP contribution in [0.3, 0.4) is 0 Å². The lowest BCUT2D eigenvalue weighted by Crippen LogP contribution is -2.56. The molecule has 1 amide bonds. The lowest BCUT2D eigenvalue weighted by molar-refractivity contribution is 0.0280. The third-order valence-corrected chi connectivity index (χ3v) is 7.67. The average molecular weight is 458 g/mol. The molecule has 3 fully saturated rings. The molecule has 178 valence electrons. The van der Waals surface area contributed by atoms with Crippen LogP contribution in [0.4, 0.5) is 5.69 Å². The van der Waals surface area contributed by atoms with E-state index >= 15 is 0 Å². The molecule has 1 aromatic heterocycles. The summed E-state index contributed by atoms with van der Waals surface area (Å²) in [5.41, 5.74) is 6.62. The highest BCUT2D eigenvalue weighted by molar-refractivity contribution is 5.94. The van der Waals surface area contributed by atoms with Crippen molar-refractivity contribution in [3.05, 3.63) is 71.4 Å². The van der Waals surface area contributed by atoms with E-state index in [1.165, 1.54) is 23.4 Å². The van der Waals surface area contributed by atoms with Gasteiger partial charge in [-0.2, -0.15) is 5.10 Å². The molecule has 0 aliphatic carbocycles. The zero-order chi connectivity index (χ0) is 23.8. The van der Waals surface area contributed by atoms with Gasteiger partial charge in [-0.05, 0) is 62.6 Å². The van der Waals surface area contributed by atoms with Crippen molar-refractivity contribution < 1.29 is 4.79 Å².